The van der Waals surface area contributed by atoms with Crippen LogP contribution in [0.3, 0.4) is 0 Å². The van der Waals surface area contributed by atoms with Crippen LogP contribution in [0.5, 0.6) is 5.75 Å². The monoisotopic (exact) mass is 369 g/mol. The van der Waals surface area contributed by atoms with E-state index in [1.807, 2.05) is 54.6 Å². The first kappa shape index (κ1) is 18.4. The van der Waals surface area contributed by atoms with E-state index >= 15 is 0 Å². The number of rotatable bonds is 7. The molecular formula is C20H23N3O2S. The minimum absolute atomic E-state index is 0.252. The van der Waals surface area contributed by atoms with Gasteiger partial charge in [0.05, 0.1) is 12.3 Å². The van der Waals surface area contributed by atoms with E-state index in [1.54, 1.807) is 6.21 Å². The highest BCUT2D eigenvalue weighted by molar-refractivity contribution is 7.80. The maximum Gasteiger partial charge on any atom is 0.187 e. The number of hydrazone groups is 1. The number of benzene rings is 2. The number of thiocarbonyl (C=S) groups is 1. The second-order valence-electron chi connectivity index (χ2n) is 6.06. The van der Waals surface area contributed by atoms with Gasteiger partial charge in [-0.3, -0.25) is 5.43 Å². The summed E-state index contributed by atoms with van der Waals surface area (Å²) in [6, 6.07) is 17.9. The first-order valence-electron chi connectivity index (χ1n) is 8.75. The van der Waals surface area contributed by atoms with Gasteiger partial charge >= 0.3 is 0 Å². The molecule has 0 radical (unpaired) electrons. The Balaban J connectivity index is 1.39. The highest BCUT2D eigenvalue weighted by atomic mass is 32.1. The van der Waals surface area contributed by atoms with Crippen molar-refractivity contribution in [2.24, 2.45) is 5.10 Å². The zero-order chi connectivity index (χ0) is 18.0. The second-order valence-corrected chi connectivity index (χ2v) is 6.47. The Morgan fingerprint density at radius 3 is 2.73 bits per heavy atom. The number of hydrogen-bond donors (Lipinski definition) is 2. The van der Waals surface area contributed by atoms with Gasteiger partial charge in [0.2, 0.25) is 0 Å². The van der Waals surface area contributed by atoms with Crippen LogP contribution in [0.25, 0.3) is 0 Å². The van der Waals surface area contributed by atoms with Crippen LogP contribution in [0.15, 0.2) is 59.7 Å². The molecule has 0 aromatic heterocycles. The number of nitrogens with zero attached hydrogens (tertiary/aromatic N) is 1. The van der Waals surface area contributed by atoms with Gasteiger partial charge in [-0.1, -0.05) is 30.3 Å². The highest BCUT2D eigenvalue weighted by Gasteiger charge is 2.14. The molecule has 2 aromatic rings. The molecule has 0 aliphatic carbocycles. The molecule has 0 bridgehead atoms. The Morgan fingerprint density at radius 1 is 1.19 bits per heavy atom. The molecule has 0 unspecified atom stereocenters. The van der Waals surface area contributed by atoms with Crippen LogP contribution in [-0.4, -0.2) is 30.6 Å². The topological polar surface area (TPSA) is 54.9 Å². The summed E-state index contributed by atoms with van der Waals surface area (Å²) < 4.78 is 11.3. The molecule has 1 saturated heterocycles. The molecule has 1 aliphatic heterocycles. The van der Waals surface area contributed by atoms with Gasteiger partial charge in [0.15, 0.2) is 5.11 Å². The molecule has 26 heavy (non-hydrogen) atoms. The fourth-order valence-electron chi connectivity index (χ4n) is 2.61. The summed E-state index contributed by atoms with van der Waals surface area (Å²) in [5, 5.41) is 7.76. The Labute approximate surface area is 159 Å². The van der Waals surface area contributed by atoms with Crippen molar-refractivity contribution < 1.29 is 9.47 Å². The molecule has 0 spiro atoms. The largest absolute Gasteiger partial charge is 0.489 e. The lowest BCUT2D eigenvalue weighted by Crippen LogP contribution is -2.37. The zero-order valence-corrected chi connectivity index (χ0v) is 15.4. The molecule has 1 fully saturated rings. The van der Waals surface area contributed by atoms with Crippen molar-refractivity contribution >= 4 is 23.5 Å². The molecular weight excluding hydrogens is 346 g/mol. The average molecular weight is 369 g/mol. The van der Waals surface area contributed by atoms with Crippen LogP contribution >= 0.6 is 12.2 Å². The van der Waals surface area contributed by atoms with E-state index in [-0.39, 0.29) is 6.10 Å². The van der Waals surface area contributed by atoms with Crippen molar-refractivity contribution in [3.63, 3.8) is 0 Å². The van der Waals surface area contributed by atoms with Gasteiger partial charge < -0.3 is 14.8 Å². The lowest BCUT2D eigenvalue weighted by atomic mass is 10.2. The molecule has 3 rings (SSSR count). The summed E-state index contributed by atoms with van der Waals surface area (Å²) in [5.74, 6) is 0.827. The first-order chi connectivity index (χ1) is 12.8. The van der Waals surface area contributed by atoms with Crippen molar-refractivity contribution in [1.29, 1.82) is 0 Å². The lowest BCUT2D eigenvalue weighted by molar-refractivity contribution is 0.114. The van der Waals surface area contributed by atoms with Crippen molar-refractivity contribution in [3.05, 3.63) is 65.7 Å². The average Bonchev–Trinajstić information content (AvgIpc) is 3.20. The van der Waals surface area contributed by atoms with Gasteiger partial charge in [0, 0.05) is 13.2 Å². The molecule has 2 N–H and O–H groups in total. The summed E-state index contributed by atoms with van der Waals surface area (Å²) in [6.45, 7) is 2.12. The summed E-state index contributed by atoms with van der Waals surface area (Å²) in [7, 11) is 0. The predicted molar refractivity (Wildman–Crippen MR) is 108 cm³/mol. The fourth-order valence-corrected chi connectivity index (χ4v) is 2.74. The van der Waals surface area contributed by atoms with E-state index in [1.165, 1.54) is 0 Å². The number of nitrogens with one attached hydrogen (secondary N) is 2. The quantitative estimate of drug-likeness (QED) is 0.446. The Hall–Kier alpha value is -2.44. The summed E-state index contributed by atoms with van der Waals surface area (Å²) >= 11 is 5.19. The summed E-state index contributed by atoms with van der Waals surface area (Å²) in [4.78, 5) is 0. The normalized spacial score (nSPS) is 16.5. The summed E-state index contributed by atoms with van der Waals surface area (Å²) in [5.41, 5.74) is 4.93. The summed E-state index contributed by atoms with van der Waals surface area (Å²) in [6.07, 6.45) is 4.18. The second kappa shape index (κ2) is 9.89. The Morgan fingerprint density at radius 2 is 2.00 bits per heavy atom. The van der Waals surface area contributed by atoms with E-state index in [0.29, 0.717) is 11.7 Å². The first-order valence-corrected chi connectivity index (χ1v) is 9.16. The van der Waals surface area contributed by atoms with Crippen LogP contribution in [-0.2, 0) is 11.3 Å². The molecule has 6 heteroatoms. The van der Waals surface area contributed by atoms with Crippen LogP contribution in [0.2, 0.25) is 0 Å². The molecule has 5 nitrogen and oxygen atoms in total. The van der Waals surface area contributed by atoms with Crippen molar-refractivity contribution in [2.75, 3.05) is 13.2 Å². The molecule has 1 heterocycles. The lowest BCUT2D eigenvalue weighted by Gasteiger charge is -2.11. The van der Waals surface area contributed by atoms with E-state index < -0.39 is 0 Å². The third kappa shape index (κ3) is 6.13. The maximum absolute atomic E-state index is 5.77. The third-order valence-electron chi connectivity index (χ3n) is 4.02. The Kier molecular flexibility index (Phi) is 6.98. The van der Waals surface area contributed by atoms with E-state index in [9.17, 15) is 0 Å². The number of hydrogen-bond acceptors (Lipinski definition) is 4. The maximum atomic E-state index is 5.77. The van der Waals surface area contributed by atoms with Gasteiger partial charge in [-0.15, -0.1) is 0 Å². The molecule has 2 aromatic carbocycles. The SMILES string of the molecule is S=C(NC[C@H]1CCCO1)N/N=C\c1ccc(OCc2ccccc2)cc1. The van der Waals surface area contributed by atoms with Crippen molar-refractivity contribution in [1.82, 2.24) is 10.7 Å². The third-order valence-corrected chi connectivity index (χ3v) is 4.26. The van der Waals surface area contributed by atoms with Crippen LogP contribution in [0, 0.1) is 0 Å². The van der Waals surface area contributed by atoms with E-state index in [4.69, 9.17) is 21.7 Å². The van der Waals surface area contributed by atoms with Crippen molar-refractivity contribution in [2.45, 2.75) is 25.6 Å². The molecule has 1 atom stereocenters. The van der Waals surface area contributed by atoms with Crippen molar-refractivity contribution in [3.8, 4) is 5.75 Å². The smallest absolute Gasteiger partial charge is 0.187 e. The highest BCUT2D eigenvalue weighted by Crippen LogP contribution is 2.13. The zero-order valence-electron chi connectivity index (χ0n) is 14.6. The van der Waals surface area contributed by atoms with Gasteiger partial charge in [0.1, 0.15) is 12.4 Å². The molecule has 1 aliphatic rings. The van der Waals surface area contributed by atoms with Crippen LogP contribution < -0.4 is 15.5 Å². The van der Waals surface area contributed by atoms with E-state index in [2.05, 4.69) is 15.8 Å². The van der Waals surface area contributed by atoms with Gasteiger partial charge in [-0.2, -0.15) is 5.10 Å². The van der Waals surface area contributed by atoms with Gasteiger partial charge in [-0.05, 0) is 60.5 Å². The number of ether oxygens (including phenoxy) is 2. The van der Waals surface area contributed by atoms with Gasteiger partial charge in [-0.25, -0.2) is 0 Å². The molecule has 136 valence electrons. The fraction of sp³-hybridized carbons (Fsp3) is 0.300. The Bertz CT molecular complexity index is 714. The van der Waals surface area contributed by atoms with Gasteiger partial charge in [0.25, 0.3) is 0 Å². The minimum atomic E-state index is 0.252. The standard InChI is InChI=1S/C20H23N3O2S/c26-20(21-14-19-7-4-12-24-19)23-22-13-16-8-10-18(11-9-16)25-15-17-5-2-1-3-6-17/h1-3,5-6,8-11,13,19H,4,7,12,14-15H2,(H2,21,23,26)/b22-13-/t19-/m1/s1. The van der Waals surface area contributed by atoms with Crippen LogP contribution in [0.4, 0.5) is 0 Å². The molecule has 0 amide bonds. The van der Waals surface area contributed by atoms with E-state index in [0.717, 1.165) is 42.9 Å². The molecule has 0 saturated carbocycles. The van der Waals surface area contributed by atoms with Crippen LogP contribution in [0.1, 0.15) is 24.0 Å². The minimum Gasteiger partial charge on any atom is -0.489 e. The predicted octanol–water partition coefficient (Wildman–Crippen LogP) is 3.24.